The monoisotopic (exact) mass is 145 g/mol. The Morgan fingerprint density at radius 3 is 2.70 bits per heavy atom. The molecule has 4 heteroatoms. The molecule has 0 heterocycles. The third-order valence-corrected chi connectivity index (χ3v) is 0.857. The van der Waals surface area contributed by atoms with Gasteiger partial charge in [-0.05, 0) is 6.42 Å². The lowest BCUT2D eigenvalue weighted by molar-refractivity contribution is -0.125. The Morgan fingerprint density at radius 2 is 2.30 bits per heavy atom. The lowest BCUT2D eigenvalue weighted by Gasteiger charge is -2.08. The Morgan fingerprint density at radius 1 is 1.60 bits per heavy atom. The number of rotatable bonds is 6. The average Bonchev–Trinajstić information content (AvgIpc) is 1.98. The van der Waals surface area contributed by atoms with Crippen molar-refractivity contribution < 1.29 is 14.3 Å². The van der Waals surface area contributed by atoms with Gasteiger partial charge in [-0.3, -0.25) is 9.59 Å². The molecule has 0 fully saturated rings. The van der Waals surface area contributed by atoms with Gasteiger partial charge in [0.15, 0.2) is 12.5 Å². The van der Waals surface area contributed by atoms with E-state index in [1.54, 1.807) is 0 Å². The fourth-order valence-electron chi connectivity index (χ4n) is 0.439. The maximum atomic E-state index is 10.1. The number of amides is 1. The number of nitrogens with one attached hydrogen (secondary N) is 1. The number of aldehydes is 1. The van der Waals surface area contributed by atoms with E-state index in [2.05, 4.69) is 5.32 Å². The second kappa shape index (κ2) is 6.22. The summed E-state index contributed by atoms with van der Waals surface area (Å²) in [6.45, 7) is 2.40. The third kappa shape index (κ3) is 4.03. The van der Waals surface area contributed by atoms with Gasteiger partial charge in [0.2, 0.25) is 6.41 Å². The molecule has 10 heavy (non-hydrogen) atoms. The molecule has 0 aromatic heterocycles. The van der Waals surface area contributed by atoms with Crippen LogP contribution in [0.4, 0.5) is 0 Å². The summed E-state index contributed by atoms with van der Waals surface area (Å²) in [6, 6.07) is 0. The second-order valence-corrected chi connectivity index (χ2v) is 1.71. The van der Waals surface area contributed by atoms with Gasteiger partial charge in [-0.25, -0.2) is 0 Å². The minimum absolute atomic E-state index is 0.439. The van der Waals surface area contributed by atoms with Crippen LogP contribution >= 0.6 is 0 Å². The van der Waals surface area contributed by atoms with Gasteiger partial charge in [-0.1, -0.05) is 6.92 Å². The van der Waals surface area contributed by atoms with Crippen molar-refractivity contribution in [2.75, 3.05) is 6.61 Å². The van der Waals surface area contributed by atoms with Crippen molar-refractivity contribution in [2.24, 2.45) is 0 Å². The molecule has 4 nitrogen and oxygen atoms in total. The van der Waals surface area contributed by atoms with Crippen molar-refractivity contribution >= 4 is 12.7 Å². The highest BCUT2D eigenvalue weighted by Crippen LogP contribution is 1.83. The molecule has 1 N–H and O–H groups in total. The first-order valence-electron chi connectivity index (χ1n) is 3.11. The highest BCUT2D eigenvalue weighted by Gasteiger charge is 2.01. The minimum atomic E-state index is -0.780. The lowest BCUT2D eigenvalue weighted by Crippen LogP contribution is -2.32. The predicted octanol–water partition coefficient (Wildman–Crippen LogP) is -0.316. The minimum Gasteiger partial charge on any atom is -0.351 e. The van der Waals surface area contributed by atoms with Crippen LogP contribution in [0.15, 0.2) is 0 Å². The van der Waals surface area contributed by atoms with Crippen molar-refractivity contribution in [1.29, 1.82) is 0 Å². The van der Waals surface area contributed by atoms with Gasteiger partial charge in [-0.2, -0.15) is 0 Å². The Bertz CT molecular complexity index is 105. The Hall–Kier alpha value is -0.900. The van der Waals surface area contributed by atoms with Crippen LogP contribution in [0.5, 0.6) is 0 Å². The molecule has 0 saturated carbocycles. The molecule has 0 aliphatic rings. The molecule has 1 atom stereocenters. The molecular weight excluding hydrogens is 134 g/mol. The van der Waals surface area contributed by atoms with Gasteiger partial charge in [0, 0.05) is 6.61 Å². The van der Waals surface area contributed by atoms with E-state index in [1.165, 1.54) is 0 Å². The zero-order valence-electron chi connectivity index (χ0n) is 5.87. The van der Waals surface area contributed by atoms with Gasteiger partial charge in [0.25, 0.3) is 0 Å². The fourth-order valence-corrected chi connectivity index (χ4v) is 0.439. The van der Waals surface area contributed by atoms with Gasteiger partial charge < -0.3 is 10.1 Å². The summed E-state index contributed by atoms with van der Waals surface area (Å²) in [6.07, 6.45) is 1.03. The molecule has 0 aromatic carbocycles. The lowest BCUT2D eigenvalue weighted by atomic mass is 10.5. The van der Waals surface area contributed by atoms with E-state index in [0.717, 1.165) is 6.42 Å². The molecule has 0 aliphatic carbocycles. The summed E-state index contributed by atoms with van der Waals surface area (Å²) in [5.74, 6) is 0. The second-order valence-electron chi connectivity index (χ2n) is 1.71. The first-order chi connectivity index (χ1) is 4.85. The fraction of sp³-hybridized carbons (Fsp3) is 0.667. The van der Waals surface area contributed by atoms with Crippen molar-refractivity contribution in [3.05, 3.63) is 0 Å². The zero-order chi connectivity index (χ0) is 7.82. The number of carbonyl (C=O) groups is 2. The predicted molar refractivity (Wildman–Crippen MR) is 35.3 cm³/mol. The quantitative estimate of drug-likeness (QED) is 0.412. The van der Waals surface area contributed by atoms with E-state index >= 15 is 0 Å². The van der Waals surface area contributed by atoms with Crippen LogP contribution in [0.2, 0.25) is 0 Å². The molecule has 0 spiro atoms. The molecule has 0 bridgehead atoms. The van der Waals surface area contributed by atoms with E-state index in [1.807, 2.05) is 6.92 Å². The van der Waals surface area contributed by atoms with Crippen LogP contribution in [0.1, 0.15) is 13.3 Å². The standard InChI is InChI=1S/C6H11NO3/c1-2-3-10-6(4-8)7-5-9/h4-6H,2-3H2,1H3,(H,7,9). The van der Waals surface area contributed by atoms with Gasteiger partial charge in [-0.15, -0.1) is 0 Å². The summed E-state index contributed by atoms with van der Waals surface area (Å²) in [4.78, 5) is 19.8. The molecule has 1 amide bonds. The molecule has 0 aliphatic heterocycles. The van der Waals surface area contributed by atoms with Crippen LogP contribution in [0.25, 0.3) is 0 Å². The molecule has 58 valence electrons. The molecular formula is C6H11NO3. The summed E-state index contributed by atoms with van der Waals surface area (Å²) < 4.78 is 4.87. The number of carbonyl (C=O) groups excluding carboxylic acids is 2. The maximum Gasteiger partial charge on any atom is 0.209 e. The Kier molecular flexibility index (Phi) is 5.66. The molecule has 0 rings (SSSR count). The van der Waals surface area contributed by atoms with E-state index < -0.39 is 6.23 Å². The highest BCUT2D eigenvalue weighted by atomic mass is 16.5. The first-order valence-corrected chi connectivity index (χ1v) is 3.11. The summed E-state index contributed by atoms with van der Waals surface area (Å²) >= 11 is 0. The summed E-state index contributed by atoms with van der Waals surface area (Å²) in [7, 11) is 0. The van der Waals surface area contributed by atoms with E-state index in [4.69, 9.17) is 4.74 Å². The Labute approximate surface area is 59.6 Å². The zero-order valence-corrected chi connectivity index (χ0v) is 5.87. The SMILES string of the molecule is CCCOC(C=O)NC=O. The third-order valence-electron chi connectivity index (χ3n) is 0.857. The van der Waals surface area contributed by atoms with E-state index in [9.17, 15) is 9.59 Å². The van der Waals surface area contributed by atoms with Crippen molar-refractivity contribution in [3.63, 3.8) is 0 Å². The van der Waals surface area contributed by atoms with Crippen LogP contribution in [0, 0.1) is 0 Å². The largest absolute Gasteiger partial charge is 0.351 e. The average molecular weight is 145 g/mol. The van der Waals surface area contributed by atoms with Crippen LogP contribution < -0.4 is 5.32 Å². The van der Waals surface area contributed by atoms with Crippen molar-refractivity contribution in [1.82, 2.24) is 5.32 Å². The van der Waals surface area contributed by atoms with E-state index in [-0.39, 0.29) is 0 Å². The summed E-state index contributed by atoms with van der Waals surface area (Å²) in [5, 5.41) is 2.20. The van der Waals surface area contributed by atoms with Crippen molar-refractivity contribution in [3.8, 4) is 0 Å². The van der Waals surface area contributed by atoms with Crippen LogP contribution in [-0.4, -0.2) is 25.5 Å². The van der Waals surface area contributed by atoms with Gasteiger partial charge in [0.1, 0.15) is 0 Å². The number of ether oxygens (including phenoxy) is 1. The van der Waals surface area contributed by atoms with Crippen LogP contribution in [-0.2, 0) is 14.3 Å². The maximum absolute atomic E-state index is 10.1. The molecule has 0 saturated heterocycles. The number of hydrogen-bond donors (Lipinski definition) is 1. The molecule has 0 radical (unpaired) electrons. The molecule has 0 aromatic rings. The highest BCUT2D eigenvalue weighted by molar-refractivity contribution is 5.61. The number of hydrogen-bond acceptors (Lipinski definition) is 3. The van der Waals surface area contributed by atoms with Gasteiger partial charge >= 0.3 is 0 Å². The topological polar surface area (TPSA) is 55.4 Å². The van der Waals surface area contributed by atoms with E-state index in [0.29, 0.717) is 19.3 Å². The summed E-state index contributed by atoms with van der Waals surface area (Å²) in [5.41, 5.74) is 0. The van der Waals surface area contributed by atoms with Crippen LogP contribution in [0.3, 0.4) is 0 Å². The Balaban J connectivity index is 3.38. The molecule has 1 unspecified atom stereocenters. The normalized spacial score (nSPS) is 12.1. The van der Waals surface area contributed by atoms with Gasteiger partial charge in [0.05, 0.1) is 0 Å². The smallest absolute Gasteiger partial charge is 0.209 e. The first kappa shape index (κ1) is 9.10. The van der Waals surface area contributed by atoms with Crippen molar-refractivity contribution in [2.45, 2.75) is 19.6 Å².